The van der Waals surface area contributed by atoms with E-state index in [0.717, 1.165) is 18.4 Å². The molecule has 1 saturated heterocycles. The lowest BCUT2D eigenvalue weighted by molar-refractivity contribution is -0.154. The molecule has 0 spiro atoms. The minimum absolute atomic E-state index is 0.112. The molecule has 160 valence electrons. The molecule has 0 atom stereocenters. The van der Waals surface area contributed by atoms with Crippen molar-refractivity contribution in [2.24, 2.45) is 5.92 Å². The number of nitrogens with zero attached hydrogens (tertiary/aromatic N) is 2. The molecular formula is C21H22F3N3O3. The van der Waals surface area contributed by atoms with Crippen LogP contribution < -0.4 is 5.32 Å². The molecule has 30 heavy (non-hydrogen) atoms. The van der Waals surface area contributed by atoms with E-state index in [4.69, 9.17) is 9.15 Å². The predicted molar refractivity (Wildman–Crippen MR) is 103 cm³/mol. The minimum Gasteiger partial charge on any atom is -0.456 e. The highest BCUT2D eigenvalue weighted by molar-refractivity contribution is 6.04. The fourth-order valence-corrected chi connectivity index (χ4v) is 3.81. The third-order valence-electron chi connectivity index (χ3n) is 5.27. The lowest BCUT2D eigenvalue weighted by Gasteiger charge is -2.22. The summed E-state index contributed by atoms with van der Waals surface area (Å²) >= 11 is 0. The summed E-state index contributed by atoms with van der Waals surface area (Å²) in [6.45, 7) is 3.22. The number of benzene rings is 1. The van der Waals surface area contributed by atoms with Gasteiger partial charge in [-0.05, 0) is 37.8 Å². The monoisotopic (exact) mass is 421 g/mol. The van der Waals surface area contributed by atoms with Crippen LogP contribution in [0.2, 0.25) is 0 Å². The van der Waals surface area contributed by atoms with Gasteiger partial charge in [0.25, 0.3) is 5.91 Å². The normalized spacial score (nSPS) is 15.6. The van der Waals surface area contributed by atoms with E-state index in [1.54, 1.807) is 12.1 Å². The van der Waals surface area contributed by atoms with E-state index >= 15 is 0 Å². The second-order valence-corrected chi connectivity index (χ2v) is 7.50. The largest absolute Gasteiger partial charge is 0.456 e. The average Bonchev–Trinajstić information content (AvgIpc) is 3.28. The maximum absolute atomic E-state index is 13.1. The van der Waals surface area contributed by atoms with Crippen molar-refractivity contribution in [2.45, 2.75) is 39.0 Å². The molecule has 1 amide bonds. The highest BCUT2D eigenvalue weighted by Gasteiger charge is 2.38. The van der Waals surface area contributed by atoms with Crippen molar-refractivity contribution in [1.82, 2.24) is 15.1 Å². The molecule has 0 saturated carbocycles. The molecular weight excluding hydrogens is 399 g/mol. The van der Waals surface area contributed by atoms with Crippen molar-refractivity contribution in [3.05, 3.63) is 53.1 Å². The summed E-state index contributed by atoms with van der Waals surface area (Å²) in [5, 5.41) is 7.71. The Balaban J connectivity index is 1.55. The van der Waals surface area contributed by atoms with Crippen LogP contribution in [0.5, 0.6) is 0 Å². The average molecular weight is 421 g/mol. The number of aryl methyl sites for hydroxylation is 1. The second-order valence-electron chi connectivity index (χ2n) is 7.50. The SMILES string of the molecule is Cc1cc(CNC(=O)c2nn(CC3CCOCC3)c3ccccc23)c(C(F)(F)F)o1. The molecule has 0 aliphatic carbocycles. The Morgan fingerprint density at radius 1 is 1.27 bits per heavy atom. The number of rotatable bonds is 5. The van der Waals surface area contributed by atoms with Gasteiger partial charge in [0.05, 0.1) is 5.52 Å². The number of carbonyl (C=O) groups excluding carboxylic acids is 1. The summed E-state index contributed by atoms with van der Waals surface area (Å²) in [6, 6.07) is 8.64. The molecule has 1 aliphatic heterocycles. The van der Waals surface area contributed by atoms with Crippen LogP contribution in [0.3, 0.4) is 0 Å². The van der Waals surface area contributed by atoms with Gasteiger partial charge in [-0.1, -0.05) is 18.2 Å². The zero-order valence-corrected chi connectivity index (χ0v) is 16.5. The smallest absolute Gasteiger partial charge is 0.449 e. The van der Waals surface area contributed by atoms with Crippen molar-refractivity contribution < 1.29 is 27.1 Å². The first kappa shape index (κ1) is 20.5. The molecule has 0 bridgehead atoms. The molecule has 1 fully saturated rings. The van der Waals surface area contributed by atoms with Crippen LogP contribution in [0.1, 0.15) is 40.4 Å². The Hall–Kier alpha value is -2.81. The van der Waals surface area contributed by atoms with Gasteiger partial charge in [-0.15, -0.1) is 0 Å². The first-order valence-electron chi connectivity index (χ1n) is 9.81. The summed E-state index contributed by atoms with van der Waals surface area (Å²) in [7, 11) is 0. The first-order chi connectivity index (χ1) is 14.3. The fraction of sp³-hybridized carbons (Fsp3) is 0.429. The summed E-state index contributed by atoms with van der Waals surface area (Å²) in [5.41, 5.74) is 0.912. The predicted octanol–water partition coefficient (Wildman–Crippen LogP) is 4.31. The van der Waals surface area contributed by atoms with Gasteiger partial charge in [-0.25, -0.2) is 0 Å². The lowest BCUT2D eigenvalue weighted by atomic mass is 10.0. The van der Waals surface area contributed by atoms with Crippen molar-refractivity contribution in [1.29, 1.82) is 0 Å². The molecule has 3 aromatic rings. The van der Waals surface area contributed by atoms with E-state index in [1.165, 1.54) is 13.0 Å². The summed E-state index contributed by atoms with van der Waals surface area (Å²) in [6.07, 6.45) is -2.77. The van der Waals surface area contributed by atoms with E-state index in [-0.39, 0.29) is 23.6 Å². The van der Waals surface area contributed by atoms with Gasteiger partial charge in [0.1, 0.15) is 5.76 Å². The number of ether oxygens (including phenoxy) is 1. The second kappa shape index (κ2) is 8.14. The number of carbonyl (C=O) groups is 1. The molecule has 1 aromatic carbocycles. The van der Waals surface area contributed by atoms with Gasteiger partial charge in [0.15, 0.2) is 5.69 Å². The molecule has 3 heterocycles. The number of alkyl halides is 3. The number of para-hydroxylation sites is 1. The lowest BCUT2D eigenvalue weighted by Crippen LogP contribution is -2.25. The fourth-order valence-electron chi connectivity index (χ4n) is 3.81. The topological polar surface area (TPSA) is 69.3 Å². The van der Waals surface area contributed by atoms with Gasteiger partial charge in [-0.3, -0.25) is 9.48 Å². The van der Waals surface area contributed by atoms with E-state index < -0.39 is 17.8 Å². The van der Waals surface area contributed by atoms with Crippen LogP contribution in [0.4, 0.5) is 13.2 Å². The Labute approximate surface area is 171 Å². The summed E-state index contributed by atoms with van der Waals surface area (Å²) < 4.78 is 51.3. The van der Waals surface area contributed by atoms with E-state index in [9.17, 15) is 18.0 Å². The molecule has 1 aliphatic rings. The van der Waals surface area contributed by atoms with Crippen LogP contribution in [0.15, 0.2) is 34.7 Å². The first-order valence-corrected chi connectivity index (χ1v) is 9.81. The quantitative estimate of drug-likeness (QED) is 0.667. The van der Waals surface area contributed by atoms with Crippen molar-refractivity contribution >= 4 is 16.8 Å². The van der Waals surface area contributed by atoms with Crippen LogP contribution in [-0.2, 0) is 24.0 Å². The Morgan fingerprint density at radius 2 is 2.00 bits per heavy atom. The number of hydrogen-bond donors (Lipinski definition) is 1. The summed E-state index contributed by atoms with van der Waals surface area (Å²) in [5.74, 6) is -1.07. The van der Waals surface area contributed by atoms with Gasteiger partial charge >= 0.3 is 6.18 Å². The van der Waals surface area contributed by atoms with E-state index in [2.05, 4.69) is 10.4 Å². The number of aromatic nitrogens is 2. The Kier molecular flexibility index (Phi) is 5.55. The molecule has 0 unspecified atom stereocenters. The van der Waals surface area contributed by atoms with E-state index in [0.29, 0.717) is 31.1 Å². The number of hydrogen-bond acceptors (Lipinski definition) is 4. The maximum Gasteiger partial charge on any atom is 0.449 e. The third-order valence-corrected chi connectivity index (χ3v) is 5.27. The van der Waals surface area contributed by atoms with Crippen LogP contribution in [0, 0.1) is 12.8 Å². The summed E-state index contributed by atoms with van der Waals surface area (Å²) in [4.78, 5) is 12.8. The van der Waals surface area contributed by atoms with Gasteiger partial charge in [-0.2, -0.15) is 18.3 Å². The van der Waals surface area contributed by atoms with Gasteiger partial charge < -0.3 is 14.5 Å². The standard InChI is InChI=1S/C21H22F3N3O3/c1-13-10-15(19(30-13)21(22,23)24)11-25-20(28)18-16-4-2-3-5-17(16)27(26-18)12-14-6-8-29-9-7-14/h2-5,10,14H,6-9,11-12H2,1H3,(H,25,28). The Morgan fingerprint density at radius 3 is 2.73 bits per heavy atom. The zero-order valence-electron chi connectivity index (χ0n) is 16.5. The van der Waals surface area contributed by atoms with E-state index in [1.807, 2.05) is 16.8 Å². The Bertz CT molecular complexity index is 1050. The van der Waals surface area contributed by atoms with Crippen LogP contribution in [-0.4, -0.2) is 28.9 Å². The molecule has 2 aromatic heterocycles. The van der Waals surface area contributed by atoms with Crippen molar-refractivity contribution in [2.75, 3.05) is 13.2 Å². The highest BCUT2D eigenvalue weighted by atomic mass is 19.4. The third kappa shape index (κ3) is 4.21. The zero-order chi connectivity index (χ0) is 21.3. The van der Waals surface area contributed by atoms with Crippen LogP contribution >= 0.6 is 0 Å². The number of fused-ring (bicyclic) bond motifs is 1. The molecule has 9 heteroatoms. The van der Waals surface area contributed by atoms with Crippen LogP contribution in [0.25, 0.3) is 10.9 Å². The number of halogens is 3. The molecule has 4 rings (SSSR count). The number of amides is 1. The van der Waals surface area contributed by atoms with Crippen molar-refractivity contribution in [3.8, 4) is 0 Å². The maximum atomic E-state index is 13.1. The van der Waals surface area contributed by atoms with Gasteiger partial charge in [0, 0.05) is 37.3 Å². The number of nitrogens with one attached hydrogen (secondary N) is 1. The highest BCUT2D eigenvalue weighted by Crippen LogP contribution is 2.34. The molecule has 1 N–H and O–H groups in total. The van der Waals surface area contributed by atoms with Crippen molar-refractivity contribution in [3.63, 3.8) is 0 Å². The minimum atomic E-state index is -4.62. The molecule has 0 radical (unpaired) electrons. The number of furan rings is 1. The molecule has 6 nitrogen and oxygen atoms in total. The van der Waals surface area contributed by atoms with Gasteiger partial charge in [0.2, 0.25) is 5.76 Å².